The molecule has 0 aliphatic carbocycles. The molecule has 2 aromatic heterocycles. The summed E-state index contributed by atoms with van der Waals surface area (Å²) in [7, 11) is 1.60. The fraction of sp³-hybridized carbons (Fsp3) is 0.267. The Balaban J connectivity index is 1.70. The van der Waals surface area contributed by atoms with Gasteiger partial charge in [0, 0.05) is 6.07 Å². The Bertz CT molecular complexity index is 860. The number of aromatic nitrogens is 5. The topological polar surface area (TPSA) is 108 Å². The number of hydrogen-bond donors (Lipinski definition) is 1. The van der Waals surface area contributed by atoms with Gasteiger partial charge in [0.15, 0.2) is 5.82 Å². The molecule has 9 nitrogen and oxygen atoms in total. The Morgan fingerprint density at radius 1 is 1.36 bits per heavy atom. The first kappa shape index (κ1) is 17.0. The third-order valence-electron chi connectivity index (χ3n) is 3.29. The van der Waals surface area contributed by atoms with E-state index in [-0.39, 0.29) is 5.91 Å². The van der Waals surface area contributed by atoms with Crippen molar-refractivity contribution in [2.45, 2.75) is 24.3 Å². The van der Waals surface area contributed by atoms with Gasteiger partial charge in [-0.3, -0.25) is 4.79 Å². The lowest BCUT2D eigenvalue weighted by atomic mass is 10.3. The molecule has 3 aromatic rings. The van der Waals surface area contributed by atoms with Gasteiger partial charge in [-0.25, -0.2) is 0 Å². The minimum absolute atomic E-state index is 0.220. The number of rotatable bonds is 6. The highest BCUT2D eigenvalue weighted by Crippen LogP contribution is 2.24. The molecular formula is C15H16N6O3S. The van der Waals surface area contributed by atoms with Crippen molar-refractivity contribution < 1.29 is 14.1 Å². The van der Waals surface area contributed by atoms with Crippen molar-refractivity contribution in [2.24, 2.45) is 0 Å². The van der Waals surface area contributed by atoms with Crippen LogP contribution in [0.15, 0.2) is 40.0 Å². The highest BCUT2D eigenvalue weighted by atomic mass is 32.2. The zero-order valence-corrected chi connectivity index (χ0v) is 14.6. The molecular weight excluding hydrogens is 344 g/mol. The molecule has 0 aliphatic rings. The average molecular weight is 360 g/mol. The smallest absolute Gasteiger partial charge is 0.238 e. The zero-order valence-electron chi connectivity index (χ0n) is 13.8. The van der Waals surface area contributed by atoms with Crippen molar-refractivity contribution in [3.8, 4) is 11.4 Å². The van der Waals surface area contributed by atoms with Crippen molar-refractivity contribution in [3.63, 3.8) is 0 Å². The highest BCUT2D eigenvalue weighted by molar-refractivity contribution is 8.00. The third kappa shape index (κ3) is 3.97. The van der Waals surface area contributed by atoms with Gasteiger partial charge in [0.25, 0.3) is 0 Å². The van der Waals surface area contributed by atoms with Crippen molar-refractivity contribution in [3.05, 3.63) is 36.1 Å². The first-order valence-electron chi connectivity index (χ1n) is 7.40. The predicted octanol–water partition coefficient (Wildman–Crippen LogP) is 2.09. The largest absolute Gasteiger partial charge is 0.497 e. The normalized spacial score (nSPS) is 12.0. The van der Waals surface area contributed by atoms with E-state index >= 15 is 0 Å². The van der Waals surface area contributed by atoms with Gasteiger partial charge in [-0.2, -0.15) is 4.68 Å². The van der Waals surface area contributed by atoms with E-state index in [0.29, 0.717) is 16.7 Å². The lowest BCUT2D eigenvalue weighted by Gasteiger charge is -2.10. The SMILES string of the molecule is COc1ccc(-n2nnnc2S[C@H](C)C(=O)Nc2cc(C)on2)cc1. The summed E-state index contributed by atoms with van der Waals surface area (Å²) in [4.78, 5) is 12.3. The Morgan fingerprint density at radius 3 is 2.76 bits per heavy atom. The first-order valence-corrected chi connectivity index (χ1v) is 8.28. The lowest BCUT2D eigenvalue weighted by molar-refractivity contribution is -0.115. The van der Waals surface area contributed by atoms with Gasteiger partial charge in [0.1, 0.15) is 11.5 Å². The van der Waals surface area contributed by atoms with Gasteiger partial charge in [-0.05, 0) is 48.5 Å². The van der Waals surface area contributed by atoms with E-state index in [9.17, 15) is 4.79 Å². The number of nitrogens with zero attached hydrogens (tertiary/aromatic N) is 5. The van der Waals surface area contributed by atoms with E-state index in [1.54, 1.807) is 31.7 Å². The standard InChI is InChI=1S/C15H16N6O3S/c1-9-8-13(18-24-9)16-14(22)10(2)25-15-17-19-20-21(15)11-4-6-12(23-3)7-5-11/h4-8,10H,1-3H3,(H,16,18,22)/t10-/m1/s1. The number of aryl methyl sites for hydroxylation is 1. The molecule has 0 unspecified atom stereocenters. The number of amides is 1. The summed E-state index contributed by atoms with van der Waals surface area (Å²) in [6, 6.07) is 8.95. The van der Waals surface area contributed by atoms with E-state index in [1.807, 2.05) is 24.3 Å². The summed E-state index contributed by atoms with van der Waals surface area (Å²) in [5.41, 5.74) is 0.771. The van der Waals surface area contributed by atoms with Gasteiger partial charge >= 0.3 is 0 Å². The molecule has 2 heterocycles. The van der Waals surface area contributed by atoms with Gasteiger partial charge in [-0.15, -0.1) is 5.10 Å². The van der Waals surface area contributed by atoms with E-state index in [4.69, 9.17) is 9.26 Å². The third-order valence-corrected chi connectivity index (χ3v) is 4.32. The maximum atomic E-state index is 12.3. The molecule has 10 heteroatoms. The van der Waals surface area contributed by atoms with Crippen molar-refractivity contribution in [1.29, 1.82) is 0 Å². The molecule has 25 heavy (non-hydrogen) atoms. The fourth-order valence-corrected chi connectivity index (χ4v) is 2.81. The molecule has 0 bridgehead atoms. The maximum absolute atomic E-state index is 12.3. The monoisotopic (exact) mass is 360 g/mol. The van der Waals surface area contributed by atoms with Gasteiger partial charge in [0.05, 0.1) is 18.0 Å². The van der Waals surface area contributed by atoms with Crippen LogP contribution in [0.2, 0.25) is 0 Å². The Hall–Kier alpha value is -2.88. The van der Waals surface area contributed by atoms with Crippen molar-refractivity contribution in [2.75, 3.05) is 12.4 Å². The molecule has 1 amide bonds. The molecule has 0 fully saturated rings. The second-order valence-corrected chi connectivity index (χ2v) is 6.45. The number of benzene rings is 1. The Labute approximate surface area is 147 Å². The quantitative estimate of drug-likeness (QED) is 0.666. The van der Waals surface area contributed by atoms with E-state index < -0.39 is 5.25 Å². The van der Waals surface area contributed by atoms with Gasteiger partial charge < -0.3 is 14.6 Å². The molecule has 130 valence electrons. The number of tetrazole rings is 1. The second kappa shape index (κ2) is 7.34. The Kier molecular flexibility index (Phi) is 4.98. The van der Waals surface area contributed by atoms with Crippen molar-refractivity contribution >= 4 is 23.5 Å². The molecule has 0 saturated carbocycles. The van der Waals surface area contributed by atoms with Crippen LogP contribution in [-0.2, 0) is 4.79 Å². The number of methoxy groups -OCH3 is 1. The van der Waals surface area contributed by atoms with Crippen LogP contribution in [0.25, 0.3) is 5.69 Å². The van der Waals surface area contributed by atoms with E-state index in [1.165, 1.54) is 11.8 Å². The molecule has 1 aromatic carbocycles. The minimum Gasteiger partial charge on any atom is -0.497 e. The summed E-state index contributed by atoms with van der Waals surface area (Å²) in [6.45, 7) is 3.52. The summed E-state index contributed by atoms with van der Waals surface area (Å²) in [5, 5.41) is 18.2. The fourth-order valence-electron chi connectivity index (χ4n) is 2.00. The van der Waals surface area contributed by atoms with Crippen LogP contribution in [0.1, 0.15) is 12.7 Å². The van der Waals surface area contributed by atoms with Crippen molar-refractivity contribution in [1.82, 2.24) is 25.4 Å². The predicted molar refractivity (Wildman–Crippen MR) is 90.9 cm³/mol. The molecule has 0 spiro atoms. The molecule has 0 radical (unpaired) electrons. The average Bonchev–Trinajstić information content (AvgIpc) is 3.24. The summed E-state index contributed by atoms with van der Waals surface area (Å²) in [6.07, 6.45) is 0. The number of carbonyl (C=O) groups excluding carboxylic acids is 1. The van der Waals surface area contributed by atoms with E-state index in [2.05, 4.69) is 26.0 Å². The highest BCUT2D eigenvalue weighted by Gasteiger charge is 2.20. The van der Waals surface area contributed by atoms with E-state index in [0.717, 1.165) is 11.4 Å². The number of ether oxygens (including phenoxy) is 1. The lowest BCUT2D eigenvalue weighted by Crippen LogP contribution is -2.23. The van der Waals surface area contributed by atoms with Gasteiger partial charge in [-0.1, -0.05) is 16.9 Å². The number of thioether (sulfide) groups is 1. The molecule has 0 aliphatic heterocycles. The molecule has 1 atom stereocenters. The zero-order chi connectivity index (χ0) is 17.8. The first-order chi connectivity index (χ1) is 12.1. The number of carbonyl (C=O) groups is 1. The molecule has 0 saturated heterocycles. The number of nitrogens with one attached hydrogen (secondary N) is 1. The minimum atomic E-state index is -0.431. The maximum Gasteiger partial charge on any atom is 0.238 e. The summed E-state index contributed by atoms with van der Waals surface area (Å²) < 4.78 is 11.6. The Morgan fingerprint density at radius 2 is 2.12 bits per heavy atom. The number of hydrogen-bond acceptors (Lipinski definition) is 8. The van der Waals surface area contributed by atoms with Crippen LogP contribution in [0.5, 0.6) is 5.75 Å². The van der Waals surface area contributed by atoms with Crippen LogP contribution in [0, 0.1) is 6.92 Å². The number of anilines is 1. The second-order valence-electron chi connectivity index (χ2n) is 5.14. The van der Waals surface area contributed by atoms with Crippen LogP contribution >= 0.6 is 11.8 Å². The van der Waals surface area contributed by atoms with Crippen LogP contribution in [0.3, 0.4) is 0 Å². The van der Waals surface area contributed by atoms with Crippen LogP contribution in [0.4, 0.5) is 5.82 Å². The van der Waals surface area contributed by atoms with Crippen LogP contribution < -0.4 is 10.1 Å². The molecule has 3 rings (SSSR count). The molecule has 1 N–H and O–H groups in total. The summed E-state index contributed by atoms with van der Waals surface area (Å²) >= 11 is 1.24. The van der Waals surface area contributed by atoms with Crippen LogP contribution in [-0.4, -0.2) is 43.6 Å². The van der Waals surface area contributed by atoms with Gasteiger partial charge in [0.2, 0.25) is 11.1 Å². The summed E-state index contributed by atoms with van der Waals surface area (Å²) in [5.74, 6) is 1.52.